The van der Waals surface area contributed by atoms with Gasteiger partial charge in [0.05, 0.1) is 11.0 Å². The second-order valence-corrected chi connectivity index (χ2v) is 5.28. The second kappa shape index (κ2) is 5.44. The first kappa shape index (κ1) is 13.4. The minimum atomic E-state index is 0.103. The number of hydrogen-bond donors (Lipinski definition) is 0. The number of carbonyl (C=O) groups excluding carboxylic acids is 1. The predicted molar refractivity (Wildman–Crippen MR) is 83.5 cm³/mol. The van der Waals surface area contributed by atoms with Crippen LogP contribution in [0.1, 0.15) is 27.0 Å². The quantitative estimate of drug-likeness (QED) is 0.685. The maximum atomic E-state index is 12.4. The number of aromatic nitrogens is 2. The van der Waals surface area contributed by atoms with Crippen LogP contribution in [0.4, 0.5) is 0 Å². The van der Waals surface area contributed by atoms with E-state index in [4.69, 9.17) is 0 Å². The van der Waals surface area contributed by atoms with Gasteiger partial charge in [-0.1, -0.05) is 18.2 Å². The molecule has 0 spiro atoms. The van der Waals surface area contributed by atoms with Crippen LogP contribution in [0.2, 0.25) is 0 Å². The molecule has 0 saturated heterocycles. The van der Waals surface area contributed by atoms with Gasteiger partial charge in [-0.15, -0.1) is 0 Å². The van der Waals surface area contributed by atoms with Crippen LogP contribution in [-0.2, 0) is 6.42 Å². The molecule has 1 heterocycles. The van der Waals surface area contributed by atoms with E-state index in [0.717, 1.165) is 16.6 Å². The third-order valence-corrected chi connectivity index (χ3v) is 3.73. The molecule has 0 saturated carbocycles. The van der Waals surface area contributed by atoms with E-state index in [1.165, 1.54) is 11.1 Å². The zero-order chi connectivity index (χ0) is 14.8. The third kappa shape index (κ3) is 2.82. The molecule has 0 N–H and O–H groups in total. The lowest BCUT2D eigenvalue weighted by molar-refractivity contribution is 0.0993. The number of rotatable bonds is 3. The summed E-state index contributed by atoms with van der Waals surface area (Å²) in [5.41, 5.74) is 5.74. The van der Waals surface area contributed by atoms with Crippen molar-refractivity contribution >= 4 is 16.8 Å². The monoisotopic (exact) mass is 276 g/mol. The maximum Gasteiger partial charge on any atom is 0.167 e. The Morgan fingerprint density at radius 3 is 2.43 bits per heavy atom. The van der Waals surface area contributed by atoms with E-state index in [0.29, 0.717) is 12.0 Å². The number of Topliss-reactive ketones (excluding diaryl/α,β-unsaturated/α-hetero) is 1. The SMILES string of the molecule is Cc1ccc(CC(=O)c2ccc3nccnc3c2)cc1C. The molecule has 3 aromatic rings. The van der Waals surface area contributed by atoms with Gasteiger partial charge in [0.15, 0.2) is 5.78 Å². The highest BCUT2D eigenvalue weighted by Gasteiger charge is 2.09. The Morgan fingerprint density at radius 1 is 0.905 bits per heavy atom. The zero-order valence-corrected chi connectivity index (χ0v) is 12.1. The molecule has 0 aliphatic heterocycles. The number of ketones is 1. The van der Waals surface area contributed by atoms with E-state index in [2.05, 4.69) is 35.9 Å². The van der Waals surface area contributed by atoms with Crippen LogP contribution in [-0.4, -0.2) is 15.8 Å². The van der Waals surface area contributed by atoms with Gasteiger partial charge in [0.2, 0.25) is 0 Å². The number of hydrogen-bond acceptors (Lipinski definition) is 3. The molecule has 0 aliphatic rings. The highest BCUT2D eigenvalue weighted by molar-refractivity contribution is 5.99. The van der Waals surface area contributed by atoms with Crippen molar-refractivity contribution in [2.75, 3.05) is 0 Å². The smallest absolute Gasteiger partial charge is 0.167 e. The van der Waals surface area contributed by atoms with Crippen LogP contribution in [0, 0.1) is 13.8 Å². The van der Waals surface area contributed by atoms with Gasteiger partial charge in [-0.05, 0) is 48.7 Å². The minimum absolute atomic E-state index is 0.103. The summed E-state index contributed by atoms with van der Waals surface area (Å²) in [6.07, 6.45) is 3.70. The van der Waals surface area contributed by atoms with Crippen molar-refractivity contribution in [2.24, 2.45) is 0 Å². The number of nitrogens with zero attached hydrogens (tertiary/aromatic N) is 2. The average molecular weight is 276 g/mol. The molecule has 1 aromatic heterocycles. The molecule has 0 amide bonds. The van der Waals surface area contributed by atoms with Crippen LogP contribution in [0.15, 0.2) is 48.8 Å². The fraction of sp³-hybridized carbons (Fsp3) is 0.167. The molecular formula is C18H16N2O. The summed E-state index contributed by atoms with van der Waals surface area (Å²) in [5, 5.41) is 0. The van der Waals surface area contributed by atoms with E-state index >= 15 is 0 Å². The lowest BCUT2D eigenvalue weighted by atomic mass is 9.99. The van der Waals surface area contributed by atoms with Crippen LogP contribution >= 0.6 is 0 Å². The summed E-state index contributed by atoms with van der Waals surface area (Å²) in [6, 6.07) is 11.6. The van der Waals surface area contributed by atoms with Crippen molar-refractivity contribution in [1.29, 1.82) is 0 Å². The molecule has 0 aliphatic carbocycles. The molecule has 3 nitrogen and oxygen atoms in total. The van der Waals surface area contributed by atoms with E-state index in [1.807, 2.05) is 24.3 Å². The van der Waals surface area contributed by atoms with Crippen molar-refractivity contribution < 1.29 is 4.79 Å². The summed E-state index contributed by atoms with van der Waals surface area (Å²) in [7, 11) is 0. The highest BCUT2D eigenvalue weighted by Crippen LogP contribution is 2.15. The van der Waals surface area contributed by atoms with Crippen LogP contribution < -0.4 is 0 Å². The summed E-state index contributed by atoms with van der Waals surface area (Å²) >= 11 is 0. The Labute approximate surface area is 123 Å². The minimum Gasteiger partial charge on any atom is -0.294 e. The number of carbonyl (C=O) groups is 1. The van der Waals surface area contributed by atoms with Crippen LogP contribution in [0.5, 0.6) is 0 Å². The molecule has 104 valence electrons. The van der Waals surface area contributed by atoms with Crippen molar-refractivity contribution in [1.82, 2.24) is 9.97 Å². The van der Waals surface area contributed by atoms with Crippen molar-refractivity contribution in [3.63, 3.8) is 0 Å². The number of aryl methyl sites for hydroxylation is 2. The fourth-order valence-corrected chi connectivity index (χ4v) is 2.34. The Balaban J connectivity index is 1.87. The molecule has 0 atom stereocenters. The predicted octanol–water partition coefficient (Wildman–Crippen LogP) is 3.67. The molecule has 3 rings (SSSR count). The fourth-order valence-electron chi connectivity index (χ4n) is 2.34. The normalized spacial score (nSPS) is 10.8. The van der Waals surface area contributed by atoms with Crippen LogP contribution in [0.3, 0.4) is 0 Å². The van der Waals surface area contributed by atoms with Gasteiger partial charge in [0.25, 0.3) is 0 Å². The van der Waals surface area contributed by atoms with Gasteiger partial charge in [-0.2, -0.15) is 0 Å². The summed E-state index contributed by atoms with van der Waals surface area (Å²) in [6.45, 7) is 4.14. The van der Waals surface area contributed by atoms with Crippen LogP contribution in [0.25, 0.3) is 11.0 Å². The summed E-state index contributed by atoms with van der Waals surface area (Å²) in [5.74, 6) is 0.103. The molecule has 0 fully saturated rings. The molecule has 2 aromatic carbocycles. The van der Waals surface area contributed by atoms with E-state index in [-0.39, 0.29) is 5.78 Å². The Hall–Kier alpha value is -2.55. The van der Waals surface area contributed by atoms with Gasteiger partial charge in [0.1, 0.15) is 0 Å². The second-order valence-electron chi connectivity index (χ2n) is 5.28. The number of benzene rings is 2. The highest BCUT2D eigenvalue weighted by atomic mass is 16.1. The topological polar surface area (TPSA) is 42.9 Å². The zero-order valence-electron chi connectivity index (χ0n) is 12.1. The van der Waals surface area contributed by atoms with Gasteiger partial charge in [-0.3, -0.25) is 14.8 Å². The van der Waals surface area contributed by atoms with Gasteiger partial charge in [-0.25, -0.2) is 0 Å². The van der Waals surface area contributed by atoms with Crippen molar-refractivity contribution in [3.8, 4) is 0 Å². The molecule has 0 bridgehead atoms. The van der Waals surface area contributed by atoms with Gasteiger partial charge in [0, 0.05) is 24.4 Å². The van der Waals surface area contributed by atoms with E-state index < -0.39 is 0 Å². The van der Waals surface area contributed by atoms with E-state index in [1.54, 1.807) is 12.4 Å². The number of fused-ring (bicyclic) bond motifs is 1. The largest absolute Gasteiger partial charge is 0.294 e. The molecule has 21 heavy (non-hydrogen) atoms. The van der Waals surface area contributed by atoms with E-state index in [9.17, 15) is 4.79 Å². The summed E-state index contributed by atoms with van der Waals surface area (Å²) < 4.78 is 0. The Bertz CT molecular complexity index is 824. The molecule has 0 radical (unpaired) electrons. The Kier molecular flexibility index (Phi) is 3.48. The first-order chi connectivity index (χ1) is 10.1. The first-order valence-corrected chi connectivity index (χ1v) is 6.93. The standard InChI is InChI=1S/C18H16N2O/c1-12-3-4-14(9-13(12)2)10-18(21)15-5-6-16-17(11-15)20-8-7-19-16/h3-9,11H,10H2,1-2H3. The first-order valence-electron chi connectivity index (χ1n) is 6.93. The third-order valence-electron chi connectivity index (χ3n) is 3.73. The molecule has 0 unspecified atom stereocenters. The van der Waals surface area contributed by atoms with Crippen molar-refractivity contribution in [3.05, 3.63) is 71.0 Å². The van der Waals surface area contributed by atoms with Gasteiger partial charge >= 0.3 is 0 Å². The molecular weight excluding hydrogens is 260 g/mol. The van der Waals surface area contributed by atoms with Crippen molar-refractivity contribution in [2.45, 2.75) is 20.3 Å². The maximum absolute atomic E-state index is 12.4. The lowest BCUT2D eigenvalue weighted by Crippen LogP contribution is -2.04. The average Bonchev–Trinajstić information content (AvgIpc) is 2.50. The van der Waals surface area contributed by atoms with Gasteiger partial charge < -0.3 is 0 Å². The summed E-state index contributed by atoms with van der Waals surface area (Å²) in [4.78, 5) is 20.9. The lowest BCUT2D eigenvalue weighted by Gasteiger charge is -2.05. The Morgan fingerprint density at radius 2 is 1.67 bits per heavy atom. The molecule has 3 heteroatoms.